The fourth-order valence-corrected chi connectivity index (χ4v) is 4.05. The van der Waals surface area contributed by atoms with Crippen molar-refractivity contribution in [3.05, 3.63) is 85.1 Å². The van der Waals surface area contributed by atoms with Gasteiger partial charge in [-0.3, -0.25) is 10.1 Å². The predicted molar refractivity (Wildman–Crippen MR) is 121 cm³/mol. The summed E-state index contributed by atoms with van der Waals surface area (Å²) in [6.07, 6.45) is 4.76. The Balaban J connectivity index is 1.52. The molecule has 154 valence electrons. The van der Waals surface area contributed by atoms with Crippen LogP contribution in [0.15, 0.2) is 79.3 Å². The first-order valence-electron chi connectivity index (χ1n) is 10.0. The van der Waals surface area contributed by atoms with Gasteiger partial charge in [-0.05, 0) is 35.9 Å². The topological polar surface area (TPSA) is 90.5 Å². The molecular weight excluding hydrogens is 405 g/mol. The van der Waals surface area contributed by atoms with Gasteiger partial charge >= 0.3 is 0 Å². The van der Waals surface area contributed by atoms with Crippen LogP contribution in [0.5, 0.6) is 5.75 Å². The van der Waals surface area contributed by atoms with Crippen LogP contribution >= 0.6 is 0 Å². The molecule has 6 rings (SSSR count). The molecule has 6 nitrogen and oxygen atoms in total. The minimum absolute atomic E-state index is 0.0892. The van der Waals surface area contributed by atoms with Gasteiger partial charge in [0.15, 0.2) is 5.65 Å². The molecule has 4 heterocycles. The fourth-order valence-electron chi connectivity index (χ4n) is 4.05. The van der Waals surface area contributed by atoms with Gasteiger partial charge < -0.3 is 10.1 Å². The quantitative estimate of drug-likeness (QED) is 0.343. The molecule has 0 bridgehead atoms. The van der Waals surface area contributed by atoms with Crippen molar-refractivity contribution in [2.45, 2.75) is 0 Å². The lowest BCUT2D eigenvalue weighted by Crippen LogP contribution is -1.84. The molecule has 0 fully saturated rings. The standard InChI is InChI=1S/C25H16FN5O/c26-21-6-2-1-4-18(21)17-5-3-7-22-19(17)10-23(29-22)24-20-9-15(12-28-25(20)31-30-24)14-8-16(32)13-27-11-14/h1-13,29,32H,(H,28,30,31). The molecule has 0 aliphatic rings. The number of pyridine rings is 2. The summed E-state index contributed by atoms with van der Waals surface area (Å²) in [6, 6.07) is 18.1. The Morgan fingerprint density at radius 3 is 2.53 bits per heavy atom. The molecule has 0 saturated carbocycles. The highest BCUT2D eigenvalue weighted by Crippen LogP contribution is 2.35. The second-order valence-corrected chi connectivity index (χ2v) is 7.56. The van der Waals surface area contributed by atoms with Crippen LogP contribution in [-0.4, -0.2) is 30.3 Å². The van der Waals surface area contributed by atoms with E-state index in [2.05, 4.69) is 25.1 Å². The number of hydrogen-bond donors (Lipinski definition) is 3. The van der Waals surface area contributed by atoms with E-state index in [9.17, 15) is 9.50 Å². The van der Waals surface area contributed by atoms with Crippen LogP contribution in [0, 0.1) is 5.82 Å². The minimum Gasteiger partial charge on any atom is -0.506 e. The molecule has 0 atom stereocenters. The van der Waals surface area contributed by atoms with Gasteiger partial charge in [-0.1, -0.05) is 30.3 Å². The molecule has 0 amide bonds. The molecule has 32 heavy (non-hydrogen) atoms. The zero-order chi connectivity index (χ0) is 21.7. The van der Waals surface area contributed by atoms with E-state index in [0.717, 1.165) is 44.4 Å². The van der Waals surface area contributed by atoms with E-state index in [1.165, 1.54) is 12.3 Å². The van der Waals surface area contributed by atoms with Gasteiger partial charge in [0.1, 0.15) is 11.6 Å². The summed E-state index contributed by atoms with van der Waals surface area (Å²) >= 11 is 0. The van der Waals surface area contributed by atoms with Gasteiger partial charge in [-0.25, -0.2) is 9.37 Å². The summed E-state index contributed by atoms with van der Waals surface area (Å²) < 4.78 is 14.5. The molecule has 7 heteroatoms. The van der Waals surface area contributed by atoms with Gasteiger partial charge in [0.25, 0.3) is 0 Å². The number of halogens is 1. The monoisotopic (exact) mass is 421 g/mol. The van der Waals surface area contributed by atoms with Crippen molar-refractivity contribution in [3.8, 4) is 39.4 Å². The third kappa shape index (κ3) is 2.91. The van der Waals surface area contributed by atoms with Crippen molar-refractivity contribution >= 4 is 21.9 Å². The first kappa shape index (κ1) is 18.3. The van der Waals surface area contributed by atoms with Gasteiger partial charge in [-0.15, -0.1) is 0 Å². The SMILES string of the molecule is Oc1cncc(-c2cnc3n[nH]c(-c4cc5c(-c6ccccc6F)cccc5[nH]4)c3c2)c1. The lowest BCUT2D eigenvalue weighted by atomic mass is 10.0. The van der Waals surface area contributed by atoms with Crippen LogP contribution in [0.2, 0.25) is 0 Å². The molecular formula is C25H16FN5O. The van der Waals surface area contributed by atoms with Crippen molar-refractivity contribution in [2.24, 2.45) is 0 Å². The van der Waals surface area contributed by atoms with E-state index in [1.54, 1.807) is 30.6 Å². The maximum absolute atomic E-state index is 14.5. The van der Waals surface area contributed by atoms with Crippen LogP contribution in [0.1, 0.15) is 0 Å². The third-order valence-corrected chi connectivity index (χ3v) is 5.56. The van der Waals surface area contributed by atoms with E-state index in [4.69, 9.17) is 0 Å². The van der Waals surface area contributed by atoms with Gasteiger partial charge in [0.2, 0.25) is 0 Å². The van der Waals surface area contributed by atoms with Crippen LogP contribution in [0.3, 0.4) is 0 Å². The summed E-state index contributed by atoms with van der Waals surface area (Å²) in [5.41, 5.74) is 6.00. The van der Waals surface area contributed by atoms with Crippen molar-refractivity contribution in [1.29, 1.82) is 0 Å². The second-order valence-electron chi connectivity index (χ2n) is 7.56. The number of hydrogen-bond acceptors (Lipinski definition) is 4. The Morgan fingerprint density at radius 2 is 1.66 bits per heavy atom. The summed E-state index contributed by atoms with van der Waals surface area (Å²) in [7, 11) is 0. The van der Waals surface area contributed by atoms with Gasteiger partial charge in [-0.2, -0.15) is 5.10 Å². The van der Waals surface area contributed by atoms with E-state index in [-0.39, 0.29) is 11.6 Å². The van der Waals surface area contributed by atoms with Crippen LogP contribution in [-0.2, 0) is 0 Å². The first-order chi connectivity index (χ1) is 15.7. The molecule has 0 aliphatic heterocycles. The number of benzene rings is 2. The second kappa shape index (κ2) is 7.02. The lowest BCUT2D eigenvalue weighted by Gasteiger charge is -2.04. The molecule has 0 unspecified atom stereocenters. The number of H-pyrrole nitrogens is 2. The molecule has 0 aliphatic carbocycles. The Labute approximate surface area is 181 Å². The molecule has 2 aromatic carbocycles. The van der Waals surface area contributed by atoms with Crippen molar-refractivity contribution in [3.63, 3.8) is 0 Å². The van der Waals surface area contributed by atoms with Crippen molar-refractivity contribution < 1.29 is 9.50 Å². The van der Waals surface area contributed by atoms with Crippen LogP contribution in [0.25, 0.3) is 55.6 Å². The Kier molecular flexibility index (Phi) is 4.01. The maximum Gasteiger partial charge on any atom is 0.181 e. The maximum atomic E-state index is 14.5. The zero-order valence-electron chi connectivity index (χ0n) is 16.7. The normalized spacial score (nSPS) is 11.4. The summed E-state index contributed by atoms with van der Waals surface area (Å²) in [6.45, 7) is 0. The van der Waals surface area contributed by atoms with Gasteiger partial charge in [0.05, 0.1) is 17.6 Å². The summed E-state index contributed by atoms with van der Waals surface area (Å²) in [5.74, 6) is -0.172. The Morgan fingerprint density at radius 1 is 0.812 bits per heavy atom. The van der Waals surface area contributed by atoms with E-state index >= 15 is 0 Å². The number of aromatic hydroxyl groups is 1. The van der Waals surface area contributed by atoms with Crippen molar-refractivity contribution in [1.82, 2.24) is 25.1 Å². The molecule has 3 N–H and O–H groups in total. The number of aromatic nitrogens is 5. The molecule has 0 radical (unpaired) electrons. The van der Waals surface area contributed by atoms with E-state index < -0.39 is 0 Å². The zero-order valence-corrected chi connectivity index (χ0v) is 16.7. The summed E-state index contributed by atoms with van der Waals surface area (Å²) in [5, 5.41) is 18.9. The Bertz CT molecular complexity index is 1620. The lowest BCUT2D eigenvalue weighted by molar-refractivity contribution is 0.473. The molecule has 0 saturated heterocycles. The highest BCUT2D eigenvalue weighted by atomic mass is 19.1. The number of nitrogens with one attached hydrogen (secondary N) is 2. The van der Waals surface area contributed by atoms with E-state index in [1.807, 2.05) is 36.4 Å². The predicted octanol–water partition coefficient (Wildman–Crippen LogP) is 5.68. The average Bonchev–Trinajstić information content (AvgIpc) is 3.43. The fraction of sp³-hybridized carbons (Fsp3) is 0. The van der Waals surface area contributed by atoms with E-state index in [0.29, 0.717) is 11.2 Å². The van der Waals surface area contributed by atoms with Crippen molar-refractivity contribution in [2.75, 3.05) is 0 Å². The van der Waals surface area contributed by atoms with Gasteiger partial charge in [0, 0.05) is 45.4 Å². The highest BCUT2D eigenvalue weighted by Gasteiger charge is 2.15. The number of fused-ring (bicyclic) bond motifs is 2. The number of nitrogens with zero attached hydrogens (tertiary/aromatic N) is 3. The molecule has 0 spiro atoms. The minimum atomic E-state index is -0.261. The van der Waals surface area contributed by atoms with Crippen LogP contribution in [0.4, 0.5) is 4.39 Å². The first-order valence-corrected chi connectivity index (χ1v) is 10.0. The van der Waals surface area contributed by atoms with Crippen LogP contribution < -0.4 is 0 Å². The smallest absolute Gasteiger partial charge is 0.181 e. The third-order valence-electron chi connectivity index (χ3n) is 5.56. The Hall–Kier alpha value is -4.52. The summed E-state index contributed by atoms with van der Waals surface area (Å²) in [4.78, 5) is 11.9. The number of rotatable bonds is 3. The molecule has 4 aromatic heterocycles. The highest BCUT2D eigenvalue weighted by molar-refractivity contribution is 6.01. The molecule has 6 aromatic rings. The largest absolute Gasteiger partial charge is 0.506 e. The number of aromatic amines is 2. The average molecular weight is 421 g/mol.